The van der Waals surface area contributed by atoms with E-state index in [-0.39, 0.29) is 6.54 Å². The molecule has 1 rings (SSSR count). The molecule has 114 valence electrons. The van der Waals surface area contributed by atoms with E-state index < -0.39 is 29.4 Å². The Bertz CT molecular complexity index is 528. The first-order valence-corrected chi connectivity index (χ1v) is 6.37. The number of carboxylic acid groups (broad SMARTS) is 1. The number of nitrogens with one attached hydrogen (secondary N) is 2. The van der Waals surface area contributed by atoms with Crippen molar-refractivity contribution in [2.45, 2.75) is 25.3 Å². The van der Waals surface area contributed by atoms with Gasteiger partial charge in [0.05, 0.1) is 5.92 Å². The molecule has 0 aromatic heterocycles. The summed E-state index contributed by atoms with van der Waals surface area (Å²) in [6.07, 6.45) is 0. The van der Waals surface area contributed by atoms with E-state index >= 15 is 0 Å². The molecule has 21 heavy (non-hydrogen) atoms. The SMILES string of the molecule is CC(C)(NC(=O)NCC(C(=O)O)c1ccccc1)C(N)=O. The topological polar surface area (TPSA) is 122 Å². The van der Waals surface area contributed by atoms with Crippen LogP contribution >= 0.6 is 0 Å². The minimum atomic E-state index is -1.21. The molecule has 0 fully saturated rings. The fourth-order valence-corrected chi connectivity index (χ4v) is 1.62. The van der Waals surface area contributed by atoms with Gasteiger partial charge in [-0.3, -0.25) is 9.59 Å². The van der Waals surface area contributed by atoms with Crippen molar-refractivity contribution in [2.75, 3.05) is 6.54 Å². The van der Waals surface area contributed by atoms with Crippen LogP contribution in [0, 0.1) is 0 Å². The highest BCUT2D eigenvalue weighted by Gasteiger charge is 2.27. The first-order chi connectivity index (χ1) is 9.74. The monoisotopic (exact) mass is 293 g/mol. The van der Waals surface area contributed by atoms with Gasteiger partial charge >= 0.3 is 12.0 Å². The van der Waals surface area contributed by atoms with E-state index in [1.165, 1.54) is 13.8 Å². The van der Waals surface area contributed by atoms with Crippen LogP contribution in [0.15, 0.2) is 30.3 Å². The van der Waals surface area contributed by atoms with Crippen LogP contribution in [0.25, 0.3) is 0 Å². The van der Waals surface area contributed by atoms with Crippen LogP contribution in [0.4, 0.5) is 4.79 Å². The number of hydrogen-bond acceptors (Lipinski definition) is 3. The number of carbonyl (C=O) groups excluding carboxylic acids is 2. The Morgan fingerprint density at radius 3 is 2.29 bits per heavy atom. The second kappa shape index (κ2) is 6.74. The molecule has 0 radical (unpaired) electrons. The second-order valence-corrected chi connectivity index (χ2v) is 5.13. The lowest BCUT2D eigenvalue weighted by atomic mass is 9.99. The summed E-state index contributed by atoms with van der Waals surface area (Å²) in [5.74, 6) is -2.60. The number of nitrogens with two attached hydrogens (primary N) is 1. The summed E-state index contributed by atoms with van der Waals surface area (Å²) < 4.78 is 0. The molecule has 5 N–H and O–H groups in total. The third-order valence-electron chi connectivity index (χ3n) is 3.01. The quantitative estimate of drug-likeness (QED) is 0.607. The highest BCUT2D eigenvalue weighted by molar-refractivity contribution is 5.89. The van der Waals surface area contributed by atoms with Crippen LogP contribution in [0.1, 0.15) is 25.3 Å². The number of rotatable bonds is 6. The summed E-state index contributed by atoms with van der Waals surface area (Å²) in [6, 6.07) is 7.92. The molecule has 3 amide bonds. The van der Waals surface area contributed by atoms with Crippen LogP contribution < -0.4 is 16.4 Å². The van der Waals surface area contributed by atoms with E-state index in [1.54, 1.807) is 30.3 Å². The van der Waals surface area contributed by atoms with Crippen LogP contribution in [0.2, 0.25) is 0 Å². The molecule has 0 aliphatic carbocycles. The van der Waals surface area contributed by atoms with Gasteiger partial charge in [-0.25, -0.2) is 4.79 Å². The molecule has 0 spiro atoms. The molecule has 0 bridgehead atoms. The first-order valence-electron chi connectivity index (χ1n) is 6.37. The third-order valence-corrected chi connectivity index (χ3v) is 3.01. The normalized spacial score (nSPS) is 12.3. The Labute approximate surface area is 122 Å². The van der Waals surface area contributed by atoms with Gasteiger partial charge in [-0.15, -0.1) is 0 Å². The molecule has 1 aromatic rings. The standard InChI is InChI=1S/C14H19N3O4/c1-14(2,12(15)20)17-13(21)16-8-10(11(18)19)9-6-4-3-5-7-9/h3-7,10H,8H2,1-2H3,(H2,15,20)(H,18,19)(H2,16,17,21). The molecule has 0 heterocycles. The average Bonchev–Trinajstić information content (AvgIpc) is 2.39. The number of aliphatic carboxylic acids is 1. The maximum atomic E-state index is 11.7. The lowest BCUT2D eigenvalue weighted by molar-refractivity contribution is -0.138. The van der Waals surface area contributed by atoms with Gasteiger partial charge in [0, 0.05) is 6.54 Å². The van der Waals surface area contributed by atoms with E-state index in [2.05, 4.69) is 10.6 Å². The van der Waals surface area contributed by atoms with E-state index in [0.29, 0.717) is 5.56 Å². The first kappa shape index (κ1) is 16.5. The highest BCUT2D eigenvalue weighted by Crippen LogP contribution is 2.14. The van der Waals surface area contributed by atoms with Gasteiger partial charge in [0.1, 0.15) is 5.54 Å². The summed E-state index contributed by atoms with van der Waals surface area (Å²) in [6.45, 7) is 2.82. The van der Waals surface area contributed by atoms with Gasteiger partial charge in [-0.1, -0.05) is 30.3 Å². The van der Waals surface area contributed by atoms with Crippen molar-refractivity contribution < 1.29 is 19.5 Å². The fourth-order valence-electron chi connectivity index (χ4n) is 1.62. The zero-order valence-corrected chi connectivity index (χ0v) is 11.9. The number of hydrogen-bond donors (Lipinski definition) is 4. The van der Waals surface area contributed by atoms with Crippen molar-refractivity contribution in [3.05, 3.63) is 35.9 Å². The Morgan fingerprint density at radius 2 is 1.81 bits per heavy atom. The van der Waals surface area contributed by atoms with Gasteiger partial charge in [0.25, 0.3) is 0 Å². The predicted molar refractivity (Wildman–Crippen MR) is 76.6 cm³/mol. The molecule has 0 saturated carbocycles. The van der Waals surface area contributed by atoms with Gasteiger partial charge in [-0.2, -0.15) is 0 Å². The van der Waals surface area contributed by atoms with Gasteiger partial charge in [0.2, 0.25) is 5.91 Å². The summed E-state index contributed by atoms with van der Waals surface area (Å²) in [4.78, 5) is 34.1. The Kier molecular flexibility index (Phi) is 5.29. The smallest absolute Gasteiger partial charge is 0.315 e. The van der Waals surface area contributed by atoms with E-state index in [0.717, 1.165) is 0 Å². The van der Waals surface area contributed by atoms with Crippen molar-refractivity contribution in [2.24, 2.45) is 5.73 Å². The van der Waals surface area contributed by atoms with Crippen molar-refractivity contribution >= 4 is 17.9 Å². The zero-order valence-electron chi connectivity index (χ0n) is 11.9. The number of carboxylic acids is 1. The summed E-state index contributed by atoms with van der Waals surface area (Å²) in [5.41, 5.74) is 4.51. The minimum absolute atomic E-state index is 0.0972. The van der Waals surface area contributed by atoms with Crippen LogP contribution in [-0.2, 0) is 9.59 Å². The molecule has 7 heteroatoms. The molecule has 0 aliphatic rings. The molecule has 0 saturated heterocycles. The largest absolute Gasteiger partial charge is 0.481 e. The Balaban J connectivity index is 2.65. The lowest BCUT2D eigenvalue weighted by Gasteiger charge is -2.23. The zero-order chi connectivity index (χ0) is 16.0. The molecule has 1 aromatic carbocycles. The molecule has 0 aliphatic heterocycles. The number of urea groups is 1. The van der Waals surface area contributed by atoms with Gasteiger partial charge < -0.3 is 21.5 Å². The van der Waals surface area contributed by atoms with Crippen molar-refractivity contribution in [1.29, 1.82) is 0 Å². The van der Waals surface area contributed by atoms with Crippen molar-refractivity contribution in [1.82, 2.24) is 10.6 Å². The summed E-state index contributed by atoms with van der Waals surface area (Å²) in [5, 5.41) is 14.0. The number of benzene rings is 1. The number of primary amides is 1. The van der Waals surface area contributed by atoms with Gasteiger partial charge in [-0.05, 0) is 19.4 Å². The molecule has 7 nitrogen and oxygen atoms in total. The summed E-state index contributed by atoms with van der Waals surface area (Å²) in [7, 11) is 0. The van der Waals surface area contributed by atoms with Crippen LogP contribution in [-0.4, -0.2) is 35.1 Å². The minimum Gasteiger partial charge on any atom is -0.481 e. The predicted octanol–water partition coefficient (Wildman–Crippen LogP) is 0.418. The second-order valence-electron chi connectivity index (χ2n) is 5.13. The van der Waals surface area contributed by atoms with Gasteiger partial charge in [0.15, 0.2) is 0 Å². The Hall–Kier alpha value is -2.57. The molecular formula is C14H19N3O4. The van der Waals surface area contributed by atoms with Crippen LogP contribution in [0.5, 0.6) is 0 Å². The lowest BCUT2D eigenvalue weighted by Crippen LogP contribution is -2.56. The van der Waals surface area contributed by atoms with Crippen LogP contribution in [0.3, 0.4) is 0 Å². The summed E-state index contributed by atoms with van der Waals surface area (Å²) >= 11 is 0. The Morgan fingerprint density at radius 1 is 1.24 bits per heavy atom. The maximum Gasteiger partial charge on any atom is 0.315 e. The van der Waals surface area contributed by atoms with Crippen molar-refractivity contribution in [3.8, 4) is 0 Å². The van der Waals surface area contributed by atoms with E-state index in [1.807, 2.05) is 0 Å². The van der Waals surface area contributed by atoms with E-state index in [4.69, 9.17) is 5.73 Å². The van der Waals surface area contributed by atoms with E-state index in [9.17, 15) is 19.5 Å². The number of amides is 3. The average molecular weight is 293 g/mol. The molecule has 1 unspecified atom stereocenters. The highest BCUT2D eigenvalue weighted by atomic mass is 16.4. The van der Waals surface area contributed by atoms with Crippen molar-refractivity contribution in [3.63, 3.8) is 0 Å². The molecule has 1 atom stereocenters. The molecular weight excluding hydrogens is 274 g/mol. The fraction of sp³-hybridized carbons (Fsp3) is 0.357. The number of carbonyl (C=O) groups is 3. The third kappa shape index (κ3) is 4.79. The maximum absolute atomic E-state index is 11.7.